The molecule has 1 saturated carbocycles. The highest BCUT2D eigenvalue weighted by atomic mass is 32.2. The Morgan fingerprint density at radius 2 is 1.80 bits per heavy atom. The van der Waals surface area contributed by atoms with Gasteiger partial charge in [-0.3, -0.25) is 9.64 Å². The van der Waals surface area contributed by atoms with Gasteiger partial charge >= 0.3 is 6.55 Å². The number of piperazine rings is 1. The highest BCUT2D eigenvalue weighted by molar-refractivity contribution is 7.89. The molecular weight excluding hydrogens is 576 g/mol. The predicted octanol–water partition coefficient (Wildman–Crippen LogP) is 3.88. The molecule has 1 N–H and O–H groups in total. The summed E-state index contributed by atoms with van der Waals surface area (Å²) in [7, 11) is -4.31. The summed E-state index contributed by atoms with van der Waals surface area (Å²) in [5.41, 5.74) is -1.50. The van der Waals surface area contributed by atoms with Crippen molar-refractivity contribution in [2.24, 2.45) is 5.92 Å². The molecule has 0 atom stereocenters. The Bertz CT molecular complexity index is 1600. The van der Waals surface area contributed by atoms with Crippen molar-refractivity contribution < 1.29 is 30.8 Å². The fourth-order valence-corrected chi connectivity index (χ4v) is 6.64. The molecule has 40 heavy (non-hydrogen) atoms. The lowest BCUT2D eigenvalue weighted by Crippen LogP contribution is -2.50. The molecule has 2 aromatic heterocycles. The van der Waals surface area contributed by atoms with Crippen LogP contribution in [0.5, 0.6) is 0 Å². The minimum Gasteiger partial charge on any atom is -0.366 e. The SMILES string of the molecule is [C-]#[N+]C1(NS(=O)(=O)c2cc(N3CCN(C(=O)C(C)C)CC3)c3c(c2)c(-c2nnc(C(F)F)s2)nn3C(F)F)CC1. The number of hydrogen-bond donors (Lipinski definition) is 1. The van der Waals surface area contributed by atoms with E-state index in [1.165, 1.54) is 6.07 Å². The number of sulfonamides is 1. The van der Waals surface area contributed by atoms with Crippen molar-refractivity contribution in [2.45, 2.75) is 50.2 Å². The smallest absolute Gasteiger partial charge is 0.333 e. The first-order chi connectivity index (χ1) is 18.9. The highest BCUT2D eigenvalue weighted by Gasteiger charge is 2.54. The molecule has 1 amide bonds. The number of aromatic nitrogens is 4. The maximum absolute atomic E-state index is 14.3. The van der Waals surface area contributed by atoms with Crippen LogP contribution in [0.4, 0.5) is 23.2 Å². The van der Waals surface area contributed by atoms with Crippen LogP contribution in [0.1, 0.15) is 44.7 Å². The first kappa shape index (κ1) is 28.2. The largest absolute Gasteiger partial charge is 0.366 e. The Hall–Kier alpha value is -3.36. The van der Waals surface area contributed by atoms with Gasteiger partial charge in [0.15, 0.2) is 10.0 Å². The van der Waals surface area contributed by atoms with Crippen LogP contribution < -0.4 is 9.62 Å². The number of anilines is 1. The maximum atomic E-state index is 14.3. The van der Waals surface area contributed by atoms with Gasteiger partial charge in [-0.25, -0.2) is 28.5 Å². The van der Waals surface area contributed by atoms with E-state index in [0.717, 1.165) is 6.07 Å². The minimum atomic E-state index is -4.31. The summed E-state index contributed by atoms with van der Waals surface area (Å²) in [6.07, 6.45) is -2.29. The average molecular weight is 601 g/mol. The number of alkyl halides is 4. The van der Waals surface area contributed by atoms with E-state index in [-0.39, 0.29) is 70.2 Å². The second-order valence-corrected chi connectivity index (χ2v) is 12.6. The van der Waals surface area contributed by atoms with E-state index in [1.54, 1.807) is 23.6 Å². The predicted molar refractivity (Wildman–Crippen MR) is 137 cm³/mol. The summed E-state index contributed by atoms with van der Waals surface area (Å²) >= 11 is 0.463. The molecule has 11 nitrogen and oxygen atoms in total. The van der Waals surface area contributed by atoms with Crippen LogP contribution in [-0.2, 0) is 14.8 Å². The molecule has 1 aliphatic heterocycles. The van der Waals surface area contributed by atoms with Gasteiger partial charge < -0.3 is 9.80 Å². The fourth-order valence-electron chi connectivity index (χ4n) is 4.54. The van der Waals surface area contributed by atoms with Crippen LogP contribution in [0.15, 0.2) is 17.0 Å². The molecule has 3 aromatic rings. The van der Waals surface area contributed by atoms with Gasteiger partial charge in [0, 0.05) is 37.5 Å². The van der Waals surface area contributed by atoms with E-state index in [2.05, 4.69) is 24.9 Å². The van der Waals surface area contributed by atoms with E-state index in [1.807, 2.05) is 0 Å². The summed E-state index contributed by atoms with van der Waals surface area (Å²) < 4.78 is 84.6. The lowest BCUT2D eigenvalue weighted by molar-refractivity contribution is -0.134. The quantitative estimate of drug-likeness (QED) is 0.308. The van der Waals surface area contributed by atoms with E-state index < -0.39 is 33.7 Å². The van der Waals surface area contributed by atoms with Crippen LogP contribution in [0.3, 0.4) is 0 Å². The summed E-state index contributed by atoms with van der Waals surface area (Å²) in [6, 6.07) is 2.37. The second-order valence-electron chi connectivity index (χ2n) is 9.87. The number of amides is 1. The molecule has 1 saturated heterocycles. The standard InChI is InChI=1S/C23H24F4N8O3S2/c1-12(2)21(36)34-8-6-33(7-9-34)15-11-13(40(37,38)32-23(28-3)4-5-23)10-14-16(31-35(17(14)15)22(26)27)19-29-30-20(39-19)18(24)25/h10-12,18,22,32H,4-9H2,1-2H3. The van der Waals surface area contributed by atoms with Crippen molar-refractivity contribution in [2.75, 3.05) is 31.1 Å². The third-order valence-corrected chi connectivity index (χ3v) is 9.21. The molecule has 214 valence electrons. The fraction of sp³-hybridized carbons (Fsp3) is 0.522. The zero-order valence-electron chi connectivity index (χ0n) is 21.3. The van der Waals surface area contributed by atoms with Gasteiger partial charge in [0.1, 0.15) is 5.69 Å². The van der Waals surface area contributed by atoms with Gasteiger partial charge in [0.2, 0.25) is 15.9 Å². The second kappa shape index (κ2) is 10.2. The van der Waals surface area contributed by atoms with Crippen molar-refractivity contribution in [3.05, 3.63) is 28.6 Å². The van der Waals surface area contributed by atoms with Crippen LogP contribution in [0, 0.1) is 12.5 Å². The first-order valence-electron chi connectivity index (χ1n) is 12.3. The number of nitrogens with one attached hydrogen (secondary N) is 1. The molecule has 2 aliphatic rings. The number of nitrogens with zero attached hydrogens (tertiary/aromatic N) is 7. The number of benzene rings is 1. The normalized spacial score (nSPS) is 17.3. The van der Waals surface area contributed by atoms with Gasteiger partial charge in [-0.1, -0.05) is 25.2 Å². The van der Waals surface area contributed by atoms with Gasteiger partial charge in [-0.15, -0.1) is 14.9 Å². The Morgan fingerprint density at radius 3 is 2.33 bits per heavy atom. The van der Waals surface area contributed by atoms with Crippen molar-refractivity contribution >= 4 is 43.9 Å². The van der Waals surface area contributed by atoms with Crippen LogP contribution in [0.25, 0.3) is 26.4 Å². The number of rotatable bonds is 8. The third kappa shape index (κ3) is 5.10. The van der Waals surface area contributed by atoms with Crippen molar-refractivity contribution in [3.8, 4) is 10.7 Å². The summed E-state index contributed by atoms with van der Waals surface area (Å²) in [4.78, 5) is 18.9. The molecule has 0 spiro atoms. The number of halogens is 4. The minimum absolute atomic E-state index is 0.0523. The van der Waals surface area contributed by atoms with Crippen molar-refractivity contribution in [1.82, 2.24) is 29.6 Å². The molecule has 0 bridgehead atoms. The van der Waals surface area contributed by atoms with Gasteiger partial charge in [0.25, 0.3) is 12.1 Å². The maximum Gasteiger partial charge on any atom is 0.333 e. The molecule has 3 heterocycles. The third-order valence-electron chi connectivity index (χ3n) is 6.77. The van der Waals surface area contributed by atoms with Crippen LogP contribution in [-0.4, -0.2) is 71.0 Å². The van der Waals surface area contributed by atoms with Crippen LogP contribution in [0.2, 0.25) is 0 Å². The molecule has 1 aliphatic carbocycles. The van der Waals surface area contributed by atoms with Crippen LogP contribution >= 0.6 is 11.3 Å². The number of carbonyl (C=O) groups is 1. The molecule has 5 rings (SSSR count). The van der Waals surface area contributed by atoms with Crippen molar-refractivity contribution in [3.63, 3.8) is 0 Å². The number of fused-ring (bicyclic) bond motifs is 1. The van der Waals surface area contributed by atoms with Gasteiger partial charge in [0.05, 0.1) is 28.9 Å². The Labute approximate surface area is 230 Å². The molecule has 2 fully saturated rings. The van der Waals surface area contributed by atoms with Gasteiger partial charge in [-0.05, 0) is 12.1 Å². The highest BCUT2D eigenvalue weighted by Crippen LogP contribution is 2.42. The zero-order chi connectivity index (χ0) is 29.0. The van der Waals surface area contributed by atoms with E-state index in [0.29, 0.717) is 28.9 Å². The zero-order valence-corrected chi connectivity index (χ0v) is 22.9. The first-order valence-corrected chi connectivity index (χ1v) is 14.6. The topological polar surface area (TPSA) is 118 Å². The number of hydrogen-bond acceptors (Lipinski definition) is 8. The Kier molecular flexibility index (Phi) is 7.21. The number of carbonyl (C=O) groups excluding carboxylic acids is 1. The molecule has 1 aromatic carbocycles. The van der Waals surface area contributed by atoms with E-state index >= 15 is 0 Å². The lowest BCUT2D eigenvalue weighted by atomic mass is 10.1. The van der Waals surface area contributed by atoms with E-state index in [9.17, 15) is 30.8 Å². The monoisotopic (exact) mass is 600 g/mol. The van der Waals surface area contributed by atoms with E-state index in [4.69, 9.17) is 6.57 Å². The molecule has 17 heteroatoms. The van der Waals surface area contributed by atoms with Gasteiger partial charge in [-0.2, -0.15) is 13.9 Å². The molecule has 0 unspecified atom stereocenters. The molecular formula is C23H24F4N8O3S2. The summed E-state index contributed by atoms with van der Waals surface area (Å²) in [6.45, 7) is 8.72. The Balaban J connectivity index is 1.67. The molecule has 0 radical (unpaired) electrons. The summed E-state index contributed by atoms with van der Waals surface area (Å²) in [5.74, 6) is -0.298. The van der Waals surface area contributed by atoms with Crippen molar-refractivity contribution in [1.29, 1.82) is 0 Å². The average Bonchev–Trinajstić information content (AvgIpc) is 3.32. The lowest BCUT2D eigenvalue weighted by Gasteiger charge is -2.37. The Morgan fingerprint density at radius 1 is 1.12 bits per heavy atom. The summed E-state index contributed by atoms with van der Waals surface area (Å²) in [5, 5.41) is 10.2.